The zero-order chi connectivity index (χ0) is 13.1. The third-order valence-electron chi connectivity index (χ3n) is 2.58. The lowest BCUT2D eigenvalue weighted by atomic mass is 9.99. The second-order valence-corrected chi connectivity index (χ2v) is 4.38. The van der Waals surface area contributed by atoms with Crippen molar-refractivity contribution in [3.63, 3.8) is 0 Å². The molecule has 1 N–H and O–H groups in total. The number of hydrogen-bond donors (Lipinski definition) is 1. The van der Waals surface area contributed by atoms with Crippen LogP contribution in [0.3, 0.4) is 0 Å². The van der Waals surface area contributed by atoms with Crippen LogP contribution in [0.25, 0.3) is 0 Å². The molecular weight excluding hydrogens is 227 g/mol. The summed E-state index contributed by atoms with van der Waals surface area (Å²) in [6.45, 7) is 6.23. The first-order valence-electron chi connectivity index (χ1n) is 5.81. The Morgan fingerprint density at radius 1 is 1.24 bits per heavy atom. The molecule has 1 aromatic carbocycles. The number of anilines is 1. The first-order chi connectivity index (χ1) is 7.86. The Kier molecular flexibility index (Phi) is 4.43. The van der Waals surface area contributed by atoms with Crippen molar-refractivity contribution in [3.05, 3.63) is 29.3 Å². The summed E-state index contributed by atoms with van der Waals surface area (Å²) in [6, 6.07) is 4.51. The second-order valence-electron chi connectivity index (χ2n) is 4.38. The highest BCUT2D eigenvalue weighted by atomic mass is 19.4. The van der Waals surface area contributed by atoms with Crippen LogP contribution < -0.4 is 5.32 Å². The van der Waals surface area contributed by atoms with Gasteiger partial charge in [0.1, 0.15) is 0 Å². The van der Waals surface area contributed by atoms with Crippen molar-refractivity contribution < 1.29 is 13.2 Å². The van der Waals surface area contributed by atoms with Crippen LogP contribution in [0.15, 0.2) is 18.2 Å². The van der Waals surface area contributed by atoms with Gasteiger partial charge < -0.3 is 5.32 Å². The molecule has 1 rings (SSSR count). The summed E-state index contributed by atoms with van der Waals surface area (Å²) in [7, 11) is 0. The van der Waals surface area contributed by atoms with E-state index < -0.39 is 11.7 Å². The lowest BCUT2D eigenvalue weighted by molar-refractivity contribution is -0.137. The standard InChI is InChI=1S/C13H18F3N/c1-4-7-17-12-6-5-10(9(2)3)8-11(12)13(14,15)16/h5-6,8-9,17H,4,7H2,1-3H3. The molecular formula is C13H18F3N. The molecule has 0 amide bonds. The molecule has 0 saturated heterocycles. The topological polar surface area (TPSA) is 12.0 Å². The zero-order valence-electron chi connectivity index (χ0n) is 10.4. The van der Waals surface area contributed by atoms with Crippen molar-refractivity contribution in [1.82, 2.24) is 0 Å². The van der Waals surface area contributed by atoms with Gasteiger partial charge in [0.05, 0.1) is 5.56 Å². The van der Waals surface area contributed by atoms with Gasteiger partial charge in [0.15, 0.2) is 0 Å². The quantitative estimate of drug-likeness (QED) is 0.814. The maximum Gasteiger partial charge on any atom is 0.418 e. The molecule has 0 spiro atoms. The van der Waals surface area contributed by atoms with Gasteiger partial charge in [0.2, 0.25) is 0 Å². The summed E-state index contributed by atoms with van der Waals surface area (Å²) in [4.78, 5) is 0. The summed E-state index contributed by atoms with van der Waals surface area (Å²) in [5.74, 6) is 0.0938. The molecule has 0 atom stereocenters. The molecule has 0 aromatic heterocycles. The van der Waals surface area contributed by atoms with Crippen LogP contribution in [0, 0.1) is 0 Å². The molecule has 17 heavy (non-hydrogen) atoms. The van der Waals surface area contributed by atoms with E-state index in [0.717, 1.165) is 6.42 Å². The lowest BCUT2D eigenvalue weighted by Crippen LogP contribution is -2.12. The zero-order valence-corrected chi connectivity index (χ0v) is 10.4. The third-order valence-corrected chi connectivity index (χ3v) is 2.58. The Morgan fingerprint density at radius 2 is 1.88 bits per heavy atom. The summed E-state index contributed by atoms with van der Waals surface area (Å²) in [6.07, 6.45) is -3.51. The van der Waals surface area contributed by atoms with E-state index in [-0.39, 0.29) is 11.6 Å². The van der Waals surface area contributed by atoms with Crippen LogP contribution in [-0.2, 0) is 6.18 Å². The van der Waals surface area contributed by atoms with Gasteiger partial charge in [-0.2, -0.15) is 13.2 Å². The van der Waals surface area contributed by atoms with E-state index in [9.17, 15) is 13.2 Å². The Balaban J connectivity index is 3.13. The Bertz CT molecular complexity index is 369. The number of rotatable bonds is 4. The minimum atomic E-state index is -4.30. The number of benzene rings is 1. The number of hydrogen-bond acceptors (Lipinski definition) is 1. The van der Waals surface area contributed by atoms with Gasteiger partial charge in [-0.15, -0.1) is 0 Å². The fourth-order valence-corrected chi connectivity index (χ4v) is 1.57. The summed E-state index contributed by atoms with van der Waals surface area (Å²) in [5.41, 5.74) is 0.306. The van der Waals surface area contributed by atoms with Crippen LogP contribution in [0.4, 0.5) is 18.9 Å². The van der Waals surface area contributed by atoms with E-state index in [1.165, 1.54) is 12.1 Å². The molecule has 0 heterocycles. The molecule has 1 nitrogen and oxygen atoms in total. The van der Waals surface area contributed by atoms with Gasteiger partial charge in [0, 0.05) is 12.2 Å². The Hall–Kier alpha value is -1.19. The van der Waals surface area contributed by atoms with Crippen LogP contribution in [0.1, 0.15) is 44.2 Å². The molecule has 0 aliphatic rings. The van der Waals surface area contributed by atoms with Crippen molar-refractivity contribution >= 4 is 5.69 Å². The molecule has 0 radical (unpaired) electrons. The Morgan fingerprint density at radius 3 is 2.35 bits per heavy atom. The average molecular weight is 245 g/mol. The van der Waals surface area contributed by atoms with Crippen LogP contribution >= 0.6 is 0 Å². The monoisotopic (exact) mass is 245 g/mol. The van der Waals surface area contributed by atoms with Gasteiger partial charge >= 0.3 is 6.18 Å². The summed E-state index contributed by atoms with van der Waals surface area (Å²) >= 11 is 0. The van der Waals surface area contributed by atoms with Gasteiger partial charge in [-0.25, -0.2) is 0 Å². The minimum Gasteiger partial charge on any atom is -0.385 e. The van der Waals surface area contributed by atoms with Gasteiger partial charge in [-0.3, -0.25) is 0 Å². The van der Waals surface area contributed by atoms with Gasteiger partial charge in [-0.05, 0) is 30.0 Å². The minimum absolute atomic E-state index is 0.0938. The van der Waals surface area contributed by atoms with Crippen molar-refractivity contribution in [1.29, 1.82) is 0 Å². The highest BCUT2D eigenvalue weighted by molar-refractivity contribution is 5.54. The maximum absolute atomic E-state index is 12.9. The van der Waals surface area contributed by atoms with Crippen LogP contribution in [0.2, 0.25) is 0 Å². The molecule has 0 aliphatic carbocycles. The van der Waals surface area contributed by atoms with Crippen molar-refractivity contribution in [3.8, 4) is 0 Å². The van der Waals surface area contributed by atoms with Crippen LogP contribution in [0.5, 0.6) is 0 Å². The van der Waals surface area contributed by atoms with E-state index in [4.69, 9.17) is 0 Å². The average Bonchev–Trinajstić information content (AvgIpc) is 2.24. The fraction of sp³-hybridized carbons (Fsp3) is 0.538. The first kappa shape index (κ1) is 13.9. The highest BCUT2D eigenvalue weighted by Crippen LogP contribution is 2.36. The maximum atomic E-state index is 12.9. The van der Waals surface area contributed by atoms with E-state index in [2.05, 4.69) is 5.32 Å². The molecule has 96 valence electrons. The van der Waals surface area contributed by atoms with E-state index in [1.54, 1.807) is 6.07 Å². The lowest BCUT2D eigenvalue weighted by Gasteiger charge is -2.16. The van der Waals surface area contributed by atoms with Crippen molar-refractivity contribution in [2.24, 2.45) is 0 Å². The largest absolute Gasteiger partial charge is 0.418 e. The number of alkyl halides is 3. The van der Waals surface area contributed by atoms with Crippen molar-refractivity contribution in [2.45, 2.75) is 39.3 Å². The van der Waals surface area contributed by atoms with Gasteiger partial charge in [0.25, 0.3) is 0 Å². The molecule has 0 saturated carbocycles. The molecule has 0 bridgehead atoms. The molecule has 0 unspecified atom stereocenters. The Labute approximate surface area is 100 Å². The van der Waals surface area contributed by atoms with Gasteiger partial charge in [-0.1, -0.05) is 26.8 Å². The molecule has 0 aliphatic heterocycles. The number of halogens is 3. The molecule has 1 aromatic rings. The normalized spacial score (nSPS) is 11.9. The predicted octanol–water partition coefficient (Wildman–Crippen LogP) is 4.65. The summed E-state index contributed by atoms with van der Waals surface area (Å²) < 4.78 is 38.6. The summed E-state index contributed by atoms with van der Waals surface area (Å²) in [5, 5.41) is 2.82. The fourth-order valence-electron chi connectivity index (χ4n) is 1.57. The van der Waals surface area contributed by atoms with E-state index in [0.29, 0.717) is 12.1 Å². The molecule has 4 heteroatoms. The van der Waals surface area contributed by atoms with Crippen LogP contribution in [-0.4, -0.2) is 6.54 Å². The molecule has 0 fully saturated rings. The second kappa shape index (κ2) is 5.43. The third kappa shape index (κ3) is 3.65. The van der Waals surface area contributed by atoms with E-state index in [1.807, 2.05) is 20.8 Å². The SMILES string of the molecule is CCCNc1ccc(C(C)C)cc1C(F)(F)F. The van der Waals surface area contributed by atoms with Crippen molar-refractivity contribution in [2.75, 3.05) is 11.9 Å². The number of nitrogens with one attached hydrogen (secondary N) is 1. The smallest absolute Gasteiger partial charge is 0.385 e. The highest BCUT2D eigenvalue weighted by Gasteiger charge is 2.33. The van der Waals surface area contributed by atoms with E-state index >= 15 is 0 Å². The first-order valence-corrected chi connectivity index (χ1v) is 5.81. The predicted molar refractivity (Wildman–Crippen MR) is 64.3 cm³/mol.